The third-order valence-corrected chi connectivity index (χ3v) is 7.01. The van der Waals surface area contributed by atoms with E-state index in [1.165, 1.54) is 23.1 Å². The smallest absolute Gasteiger partial charge is 0.258 e. The van der Waals surface area contributed by atoms with Crippen molar-refractivity contribution in [3.63, 3.8) is 0 Å². The number of rotatable bonds is 7. The summed E-state index contributed by atoms with van der Waals surface area (Å²) in [6.45, 7) is 1.75. The summed E-state index contributed by atoms with van der Waals surface area (Å²) in [5.74, 6) is 2.17. The molecule has 3 heterocycles. The highest BCUT2D eigenvalue weighted by atomic mass is 32.2. The Morgan fingerprint density at radius 1 is 1.12 bits per heavy atom. The number of nitrogens with one attached hydrogen (secondary N) is 1. The number of anilines is 1. The van der Waals surface area contributed by atoms with Crippen LogP contribution in [0.3, 0.4) is 0 Å². The van der Waals surface area contributed by atoms with Gasteiger partial charge in [0.05, 0.1) is 21.9 Å². The number of carbonyl (C=O) groups excluding carboxylic acids is 1. The molecule has 0 aliphatic heterocycles. The topological polar surface area (TPSA) is 98.7 Å². The zero-order valence-corrected chi connectivity index (χ0v) is 20.1. The first-order valence-electron chi connectivity index (χ1n) is 10.4. The van der Waals surface area contributed by atoms with Crippen LogP contribution in [0.15, 0.2) is 76.4 Å². The first-order chi connectivity index (χ1) is 16.6. The van der Waals surface area contributed by atoms with E-state index in [0.29, 0.717) is 28.2 Å². The Morgan fingerprint density at radius 3 is 2.65 bits per heavy atom. The van der Waals surface area contributed by atoms with Gasteiger partial charge in [0.2, 0.25) is 5.89 Å². The van der Waals surface area contributed by atoms with Gasteiger partial charge in [-0.25, -0.2) is 9.97 Å². The van der Waals surface area contributed by atoms with Gasteiger partial charge in [-0.2, -0.15) is 4.98 Å². The highest BCUT2D eigenvalue weighted by Gasteiger charge is 2.20. The summed E-state index contributed by atoms with van der Waals surface area (Å²) in [7, 11) is 1.94. The van der Waals surface area contributed by atoms with Crippen LogP contribution in [-0.2, 0) is 12.8 Å². The van der Waals surface area contributed by atoms with Crippen LogP contribution in [0, 0.1) is 6.92 Å². The van der Waals surface area contributed by atoms with E-state index in [0.717, 1.165) is 26.9 Å². The zero-order chi connectivity index (χ0) is 23.5. The van der Waals surface area contributed by atoms with Crippen molar-refractivity contribution in [3.8, 4) is 22.0 Å². The number of thiazole rings is 1. The van der Waals surface area contributed by atoms with Gasteiger partial charge in [0.25, 0.3) is 5.91 Å². The van der Waals surface area contributed by atoms with E-state index in [4.69, 9.17) is 9.51 Å². The van der Waals surface area contributed by atoms with Gasteiger partial charge in [-0.3, -0.25) is 10.1 Å². The van der Waals surface area contributed by atoms with Crippen molar-refractivity contribution in [1.29, 1.82) is 0 Å². The van der Waals surface area contributed by atoms with Crippen LogP contribution in [0.4, 0.5) is 5.13 Å². The van der Waals surface area contributed by atoms with Crippen LogP contribution in [0.25, 0.3) is 22.0 Å². The molecule has 1 N–H and O–H groups in total. The predicted octanol–water partition coefficient (Wildman–Crippen LogP) is 5.45. The summed E-state index contributed by atoms with van der Waals surface area (Å²) in [4.78, 5) is 28.4. The van der Waals surface area contributed by atoms with Gasteiger partial charge < -0.3 is 9.09 Å². The van der Waals surface area contributed by atoms with Crippen LogP contribution < -0.4 is 5.32 Å². The molecule has 5 rings (SSSR count). The molecule has 170 valence electrons. The zero-order valence-electron chi connectivity index (χ0n) is 18.4. The fourth-order valence-corrected chi connectivity index (χ4v) is 5.30. The predicted molar refractivity (Wildman–Crippen MR) is 133 cm³/mol. The lowest BCUT2D eigenvalue weighted by Crippen LogP contribution is -2.12. The Hall–Kier alpha value is -3.76. The van der Waals surface area contributed by atoms with E-state index in [2.05, 4.69) is 20.4 Å². The number of benzene rings is 2. The van der Waals surface area contributed by atoms with Crippen LogP contribution in [0.5, 0.6) is 0 Å². The van der Waals surface area contributed by atoms with Crippen molar-refractivity contribution in [2.75, 3.05) is 5.32 Å². The Kier molecular flexibility index (Phi) is 6.24. The number of nitrogens with zero attached hydrogens (tertiary/aromatic N) is 5. The SMILES string of the molecule is Cc1nc(CSc2ccccc2C(=O)Nc2nc(-c3ccccc3)c(-c3nccn3C)s2)no1. The fourth-order valence-electron chi connectivity index (χ4n) is 3.39. The van der Waals surface area contributed by atoms with E-state index in [-0.39, 0.29) is 5.91 Å². The number of hydrogen-bond acceptors (Lipinski definition) is 8. The molecule has 8 nitrogen and oxygen atoms in total. The monoisotopic (exact) mass is 488 g/mol. The number of hydrogen-bond donors (Lipinski definition) is 1. The molecule has 34 heavy (non-hydrogen) atoms. The molecule has 1 amide bonds. The summed E-state index contributed by atoms with van der Waals surface area (Å²) in [5.41, 5.74) is 2.30. The van der Waals surface area contributed by atoms with Crippen LogP contribution in [-0.4, -0.2) is 30.6 Å². The molecule has 0 aliphatic carbocycles. The minimum absolute atomic E-state index is 0.229. The Bertz CT molecular complexity index is 1440. The normalized spacial score (nSPS) is 11.0. The third-order valence-electron chi connectivity index (χ3n) is 4.98. The standard InChI is InChI=1S/C24H20N6O2S2/c1-15-26-19(29-32-15)14-33-18-11-7-6-10-17(18)23(31)28-24-27-20(16-8-4-3-5-9-16)21(34-24)22-25-12-13-30(22)2/h3-13H,14H2,1-2H3,(H,27,28,31). The Balaban J connectivity index is 1.42. The summed E-state index contributed by atoms with van der Waals surface area (Å²) < 4.78 is 6.97. The highest BCUT2D eigenvalue weighted by Crippen LogP contribution is 2.38. The average Bonchev–Trinajstić information content (AvgIpc) is 3.58. The average molecular weight is 489 g/mol. The minimum Gasteiger partial charge on any atom is -0.340 e. The molecule has 0 saturated carbocycles. The number of imidazole rings is 1. The molecule has 2 aromatic carbocycles. The summed E-state index contributed by atoms with van der Waals surface area (Å²) in [6, 6.07) is 17.3. The minimum atomic E-state index is -0.229. The second-order valence-electron chi connectivity index (χ2n) is 7.39. The molecule has 0 aliphatic rings. The molecular weight excluding hydrogens is 468 g/mol. The maximum absolute atomic E-state index is 13.2. The second-order valence-corrected chi connectivity index (χ2v) is 9.41. The number of aromatic nitrogens is 5. The lowest BCUT2D eigenvalue weighted by atomic mass is 10.1. The molecular formula is C24H20N6O2S2. The van der Waals surface area contributed by atoms with Crippen LogP contribution in [0.2, 0.25) is 0 Å². The van der Waals surface area contributed by atoms with Crippen molar-refractivity contribution in [2.45, 2.75) is 17.6 Å². The van der Waals surface area contributed by atoms with Crippen molar-refractivity contribution >= 4 is 34.1 Å². The van der Waals surface area contributed by atoms with E-state index >= 15 is 0 Å². The second kappa shape index (κ2) is 9.62. The first kappa shape index (κ1) is 22.1. The molecule has 0 unspecified atom stereocenters. The van der Waals surface area contributed by atoms with Gasteiger partial charge in [-0.05, 0) is 12.1 Å². The van der Waals surface area contributed by atoms with Gasteiger partial charge in [-0.15, -0.1) is 11.8 Å². The molecule has 0 radical (unpaired) electrons. The Morgan fingerprint density at radius 2 is 1.91 bits per heavy atom. The number of carbonyl (C=O) groups is 1. The van der Waals surface area contributed by atoms with Gasteiger partial charge >= 0.3 is 0 Å². The molecule has 0 bridgehead atoms. The summed E-state index contributed by atoms with van der Waals surface area (Å²) >= 11 is 2.88. The molecule has 0 fully saturated rings. The summed E-state index contributed by atoms with van der Waals surface area (Å²) in [6.07, 6.45) is 3.64. The van der Waals surface area contributed by atoms with Crippen molar-refractivity contribution < 1.29 is 9.32 Å². The van der Waals surface area contributed by atoms with E-state index < -0.39 is 0 Å². The lowest BCUT2D eigenvalue weighted by molar-refractivity contribution is 0.102. The Labute approximate surface area is 204 Å². The van der Waals surface area contributed by atoms with E-state index in [1.54, 1.807) is 19.2 Å². The van der Waals surface area contributed by atoms with Crippen molar-refractivity contribution in [1.82, 2.24) is 24.7 Å². The molecule has 10 heteroatoms. The van der Waals surface area contributed by atoms with Crippen LogP contribution >= 0.6 is 23.1 Å². The molecule has 0 spiro atoms. The summed E-state index contributed by atoms with van der Waals surface area (Å²) in [5, 5.41) is 7.41. The molecule has 5 aromatic rings. The highest BCUT2D eigenvalue weighted by molar-refractivity contribution is 7.98. The largest absolute Gasteiger partial charge is 0.340 e. The number of amides is 1. The molecule has 3 aromatic heterocycles. The number of thioether (sulfide) groups is 1. The van der Waals surface area contributed by atoms with Gasteiger partial charge in [-0.1, -0.05) is 59.0 Å². The third kappa shape index (κ3) is 4.63. The van der Waals surface area contributed by atoms with Gasteiger partial charge in [0.1, 0.15) is 0 Å². The van der Waals surface area contributed by atoms with Crippen molar-refractivity contribution in [2.24, 2.45) is 7.05 Å². The molecule has 0 saturated heterocycles. The lowest BCUT2D eigenvalue weighted by Gasteiger charge is -2.07. The maximum Gasteiger partial charge on any atom is 0.258 e. The fraction of sp³-hybridized carbons (Fsp3) is 0.125. The number of aryl methyl sites for hydroxylation is 2. The van der Waals surface area contributed by atoms with Gasteiger partial charge in [0, 0.05) is 36.8 Å². The van der Waals surface area contributed by atoms with Gasteiger partial charge in [0.15, 0.2) is 16.8 Å². The maximum atomic E-state index is 13.2. The van der Waals surface area contributed by atoms with Crippen molar-refractivity contribution in [3.05, 3.63) is 84.3 Å². The first-order valence-corrected chi connectivity index (χ1v) is 12.2. The quantitative estimate of drug-likeness (QED) is 0.304. The van der Waals surface area contributed by atoms with E-state index in [9.17, 15) is 4.79 Å². The molecule has 0 atom stereocenters. The van der Waals surface area contributed by atoms with E-state index in [1.807, 2.05) is 66.3 Å². The van der Waals surface area contributed by atoms with Crippen LogP contribution in [0.1, 0.15) is 22.1 Å².